The summed E-state index contributed by atoms with van der Waals surface area (Å²) in [5.74, 6) is 0. The quantitative estimate of drug-likeness (QED) is 0.792. The van der Waals surface area contributed by atoms with Crippen LogP contribution in [-0.4, -0.2) is 11.9 Å². The average Bonchev–Trinajstić information content (AvgIpc) is 2.04. The third-order valence-corrected chi connectivity index (χ3v) is 1.92. The second-order valence-corrected chi connectivity index (χ2v) is 3.35. The summed E-state index contributed by atoms with van der Waals surface area (Å²) in [6.07, 6.45) is 0. The minimum absolute atomic E-state index is 0.773. The lowest BCUT2D eigenvalue weighted by Gasteiger charge is -2.02. The van der Waals surface area contributed by atoms with Crippen LogP contribution in [-0.2, 0) is 0 Å². The highest BCUT2D eigenvalue weighted by Crippen LogP contribution is 2.12. The Morgan fingerprint density at radius 1 is 1.27 bits per heavy atom. The molecule has 1 aromatic carbocycles. The summed E-state index contributed by atoms with van der Waals surface area (Å²) >= 11 is 9.04. The van der Waals surface area contributed by atoms with Gasteiger partial charge in [0.05, 0.1) is 0 Å². The van der Waals surface area contributed by atoms with Gasteiger partial charge >= 0.3 is 0 Å². The summed E-state index contributed by atoms with van der Waals surface area (Å²) in [5.41, 5.74) is 1.11. The zero-order chi connectivity index (χ0) is 8.10. The SMILES string of the molecule is Clc1ccc(NCCBr)cc1. The van der Waals surface area contributed by atoms with E-state index in [0.717, 1.165) is 22.6 Å². The van der Waals surface area contributed by atoms with Gasteiger partial charge < -0.3 is 5.32 Å². The molecule has 0 saturated heterocycles. The predicted octanol–water partition coefficient (Wildman–Crippen LogP) is 3.15. The van der Waals surface area contributed by atoms with Gasteiger partial charge in [-0.1, -0.05) is 27.5 Å². The van der Waals surface area contributed by atoms with Gasteiger partial charge in [-0.05, 0) is 24.3 Å². The highest BCUT2D eigenvalue weighted by atomic mass is 79.9. The van der Waals surface area contributed by atoms with Gasteiger partial charge in [-0.3, -0.25) is 0 Å². The Kier molecular flexibility index (Phi) is 3.73. The zero-order valence-corrected chi connectivity index (χ0v) is 8.32. The molecule has 1 aromatic rings. The summed E-state index contributed by atoms with van der Waals surface area (Å²) < 4.78 is 0. The highest BCUT2D eigenvalue weighted by molar-refractivity contribution is 9.09. The first kappa shape index (κ1) is 8.88. The lowest BCUT2D eigenvalue weighted by atomic mass is 10.3. The number of nitrogens with one attached hydrogen (secondary N) is 1. The van der Waals surface area contributed by atoms with E-state index in [1.54, 1.807) is 0 Å². The highest BCUT2D eigenvalue weighted by Gasteiger charge is 1.89. The van der Waals surface area contributed by atoms with Crippen molar-refractivity contribution >= 4 is 33.2 Å². The van der Waals surface area contributed by atoms with E-state index in [9.17, 15) is 0 Å². The molecule has 1 nitrogen and oxygen atoms in total. The van der Waals surface area contributed by atoms with E-state index in [4.69, 9.17) is 11.6 Å². The van der Waals surface area contributed by atoms with Crippen LogP contribution in [0.1, 0.15) is 0 Å². The van der Waals surface area contributed by atoms with Gasteiger partial charge in [0, 0.05) is 22.6 Å². The fourth-order valence-corrected chi connectivity index (χ4v) is 1.08. The minimum Gasteiger partial charge on any atom is -0.384 e. The van der Waals surface area contributed by atoms with Crippen LogP contribution < -0.4 is 5.32 Å². The Bertz CT molecular complexity index is 210. The molecular weight excluding hydrogens is 225 g/mol. The van der Waals surface area contributed by atoms with Crippen LogP contribution in [0.2, 0.25) is 5.02 Å². The van der Waals surface area contributed by atoms with Crippen molar-refractivity contribution in [1.82, 2.24) is 0 Å². The Morgan fingerprint density at radius 2 is 1.91 bits per heavy atom. The van der Waals surface area contributed by atoms with Crippen molar-refractivity contribution in [2.24, 2.45) is 0 Å². The van der Waals surface area contributed by atoms with Crippen LogP contribution in [0.3, 0.4) is 0 Å². The molecule has 0 amide bonds. The first-order valence-electron chi connectivity index (χ1n) is 3.38. The van der Waals surface area contributed by atoms with Crippen molar-refractivity contribution in [3.63, 3.8) is 0 Å². The number of halogens is 2. The Morgan fingerprint density at radius 3 is 2.45 bits per heavy atom. The second-order valence-electron chi connectivity index (χ2n) is 2.12. The van der Waals surface area contributed by atoms with Crippen LogP contribution in [0, 0.1) is 0 Å². The van der Waals surface area contributed by atoms with Crippen molar-refractivity contribution in [3.05, 3.63) is 29.3 Å². The lowest BCUT2D eigenvalue weighted by Crippen LogP contribution is -2.01. The van der Waals surface area contributed by atoms with Gasteiger partial charge in [-0.25, -0.2) is 0 Å². The van der Waals surface area contributed by atoms with Crippen LogP contribution in [0.5, 0.6) is 0 Å². The molecule has 0 spiro atoms. The summed E-state index contributed by atoms with van der Waals surface area (Å²) in [6.45, 7) is 0.932. The number of anilines is 1. The van der Waals surface area contributed by atoms with Gasteiger partial charge in [0.15, 0.2) is 0 Å². The largest absolute Gasteiger partial charge is 0.384 e. The number of hydrogen-bond donors (Lipinski definition) is 1. The average molecular weight is 235 g/mol. The summed E-state index contributed by atoms with van der Waals surface area (Å²) in [5, 5.41) is 4.94. The van der Waals surface area contributed by atoms with E-state index in [2.05, 4.69) is 21.2 Å². The van der Waals surface area contributed by atoms with Crippen LogP contribution in [0.15, 0.2) is 24.3 Å². The zero-order valence-electron chi connectivity index (χ0n) is 5.98. The van der Waals surface area contributed by atoms with Gasteiger partial charge in [0.1, 0.15) is 0 Å². The Hall–Kier alpha value is -0.210. The van der Waals surface area contributed by atoms with E-state index in [-0.39, 0.29) is 0 Å². The third kappa shape index (κ3) is 3.12. The normalized spacial score (nSPS) is 9.64. The maximum atomic E-state index is 5.71. The van der Waals surface area contributed by atoms with Gasteiger partial charge in [-0.2, -0.15) is 0 Å². The fourth-order valence-electron chi connectivity index (χ4n) is 0.759. The first-order chi connectivity index (χ1) is 5.33. The molecule has 0 aromatic heterocycles. The molecule has 0 aliphatic carbocycles. The Balaban J connectivity index is 2.52. The van der Waals surface area contributed by atoms with Crippen molar-refractivity contribution in [2.45, 2.75) is 0 Å². The maximum absolute atomic E-state index is 5.71. The van der Waals surface area contributed by atoms with E-state index in [1.807, 2.05) is 24.3 Å². The topological polar surface area (TPSA) is 12.0 Å². The van der Waals surface area contributed by atoms with Gasteiger partial charge in [-0.15, -0.1) is 0 Å². The molecule has 0 aliphatic rings. The minimum atomic E-state index is 0.773. The molecule has 3 heteroatoms. The van der Waals surface area contributed by atoms with Crippen molar-refractivity contribution in [2.75, 3.05) is 17.2 Å². The number of alkyl halides is 1. The fraction of sp³-hybridized carbons (Fsp3) is 0.250. The van der Waals surface area contributed by atoms with Crippen LogP contribution in [0.4, 0.5) is 5.69 Å². The monoisotopic (exact) mass is 233 g/mol. The summed E-state index contributed by atoms with van der Waals surface area (Å²) in [7, 11) is 0. The van der Waals surface area contributed by atoms with E-state index in [0.29, 0.717) is 0 Å². The van der Waals surface area contributed by atoms with E-state index >= 15 is 0 Å². The third-order valence-electron chi connectivity index (χ3n) is 1.27. The molecule has 0 radical (unpaired) electrons. The number of rotatable bonds is 3. The molecule has 1 N–H and O–H groups in total. The smallest absolute Gasteiger partial charge is 0.0407 e. The number of benzene rings is 1. The molecule has 0 unspecified atom stereocenters. The molecule has 0 bridgehead atoms. The number of hydrogen-bond acceptors (Lipinski definition) is 1. The summed E-state index contributed by atoms with van der Waals surface area (Å²) in [4.78, 5) is 0. The molecule has 0 saturated carbocycles. The van der Waals surface area contributed by atoms with Crippen molar-refractivity contribution in [3.8, 4) is 0 Å². The van der Waals surface area contributed by atoms with E-state index < -0.39 is 0 Å². The first-order valence-corrected chi connectivity index (χ1v) is 4.88. The molecule has 0 aliphatic heterocycles. The molecule has 1 rings (SSSR count). The van der Waals surface area contributed by atoms with Gasteiger partial charge in [0.2, 0.25) is 0 Å². The van der Waals surface area contributed by atoms with E-state index in [1.165, 1.54) is 0 Å². The molecule has 0 heterocycles. The molecule has 0 atom stereocenters. The standard InChI is InChI=1S/C8H9BrClN/c9-5-6-11-8-3-1-7(10)2-4-8/h1-4,11H,5-6H2. The summed E-state index contributed by atoms with van der Waals surface area (Å²) in [6, 6.07) is 7.67. The Labute approximate surface area is 79.9 Å². The van der Waals surface area contributed by atoms with Crippen LogP contribution in [0.25, 0.3) is 0 Å². The van der Waals surface area contributed by atoms with Crippen LogP contribution >= 0.6 is 27.5 Å². The van der Waals surface area contributed by atoms with Crippen molar-refractivity contribution in [1.29, 1.82) is 0 Å². The van der Waals surface area contributed by atoms with Gasteiger partial charge in [0.25, 0.3) is 0 Å². The van der Waals surface area contributed by atoms with Crippen molar-refractivity contribution < 1.29 is 0 Å². The predicted molar refractivity (Wildman–Crippen MR) is 53.7 cm³/mol. The maximum Gasteiger partial charge on any atom is 0.0407 e. The lowest BCUT2D eigenvalue weighted by molar-refractivity contribution is 1.24. The molecular formula is C8H9BrClN. The molecule has 0 fully saturated rings. The second kappa shape index (κ2) is 4.62. The molecule has 11 heavy (non-hydrogen) atoms. The molecule has 60 valence electrons.